The summed E-state index contributed by atoms with van der Waals surface area (Å²) in [6, 6.07) is 8.90. The summed E-state index contributed by atoms with van der Waals surface area (Å²) in [4.78, 5) is 36.2. The second-order valence-corrected chi connectivity index (χ2v) is 5.57. The van der Waals surface area contributed by atoms with Crippen molar-refractivity contribution in [2.45, 2.75) is 0 Å². The van der Waals surface area contributed by atoms with Gasteiger partial charge in [-0.1, -0.05) is 18.2 Å². The van der Waals surface area contributed by atoms with Gasteiger partial charge >= 0.3 is 5.97 Å². The van der Waals surface area contributed by atoms with Crippen molar-refractivity contribution in [2.24, 2.45) is 7.05 Å². The molecule has 0 radical (unpaired) electrons. The van der Waals surface area contributed by atoms with Crippen molar-refractivity contribution in [3.63, 3.8) is 0 Å². The predicted octanol–water partition coefficient (Wildman–Crippen LogP) is 2.01. The van der Waals surface area contributed by atoms with E-state index < -0.39 is 30.1 Å². The van der Waals surface area contributed by atoms with Crippen molar-refractivity contribution in [2.75, 3.05) is 11.9 Å². The Morgan fingerprint density at radius 3 is 2.59 bits per heavy atom. The number of amides is 1. The lowest BCUT2D eigenvalue weighted by molar-refractivity contribution is -0.119. The second kappa shape index (κ2) is 7.32. The summed E-state index contributed by atoms with van der Waals surface area (Å²) in [5.74, 6) is -3.36. The fourth-order valence-electron chi connectivity index (χ4n) is 2.43. The number of hydrogen-bond acceptors (Lipinski definition) is 5. The number of aryl methyl sites for hydroxylation is 1. The number of benzene rings is 2. The predicted molar refractivity (Wildman–Crippen MR) is 92.3 cm³/mol. The molecule has 1 aromatic heterocycles. The summed E-state index contributed by atoms with van der Waals surface area (Å²) in [7, 11) is 1.38. The Morgan fingerprint density at radius 2 is 1.85 bits per heavy atom. The number of fused-ring (bicyclic) bond motifs is 1. The smallest absolute Gasteiger partial charge is 0.359 e. The van der Waals surface area contributed by atoms with Crippen molar-refractivity contribution < 1.29 is 23.1 Å². The summed E-state index contributed by atoms with van der Waals surface area (Å²) < 4.78 is 32.5. The SMILES string of the molecule is Cn1nc(C(=O)OCC(=O)Nc2cc(F)ccc2F)c2ccccc2c1=O. The molecule has 1 amide bonds. The van der Waals surface area contributed by atoms with Crippen LogP contribution in [0.3, 0.4) is 0 Å². The molecule has 0 aliphatic rings. The van der Waals surface area contributed by atoms with Crippen LogP contribution in [0.1, 0.15) is 10.5 Å². The molecular weight excluding hydrogens is 360 g/mol. The number of carbonyl (C=O) groups is 2. The zero-order valence-corrected chi connectivity index (χ0v) is 14.0. The summed E-state index contributed by atoms with van der Waals surface area (Å²) in [6.07, 6.45) is 0. The zero-order valence-electron chi connectivity index (χ0n) is 14.0. The lowest BCUT2D eigenvalue weighted by Crippen LogP contribution is -2.26. The molecule has 3 aromatic rings. The molecule has 0 spiro atoms. The fraction of sp³-hybridized carbons (Fsp3) is 0.111. The van der Waals surface area contributed by atoms with Crippen LogP contribution in [0.15, 0.2) is 47.3 Å². The Balaban J connectivity index is 1.76. The summed E-state index contributed by atoms with van der Waals surface area (Å²) in [6.45, 7) is -0.742. The highest BCUT2D eigenvalue weighted by molar-refractivity contribution is 6.03. The topological polar surface area (TPSA) is 90.3 Å². The monoisotopic (exact) mass is 373 g/mol. The number of halogens is 2. The molecule has 2 aromatic carbocycles. The Labute approximate surface area is 151 Å². The second-order valence-electron chi connectivity index (χ2n) is 5.57. The molecule has 9 heteroatoms. The van der Waals surface area contributed by atoms with Crippen LogP contribution >= 0.6 is 0 Å². The molecule has 0 aliphatic carbocycles. The Kier molecular flexibility index (Phi) is 4.93. The maximum atomic E-state index is 13.5. The number of aromatic nitrogens is 2. The van der Waals surface area contributed by atoms with Crippen LogP contribution in [0.4, 0.5) is 14.5 Å². The third kappa shape index (κ3) is 3.81. The van der Waals surface area contributed by atoms with Gasteiger partial charge in [0.05, 0.1) is 11.1 Å². The first-order chi connectivity index (χ1) is 12.9. The molecule has 7 nitrogen and oxygen atoms in total. The fourth-order valence-corrected chi connectivity index (χ4v) is 2.43. The Bertz CT molecular complexity index is 1110. The number of carbonyl (C=O) groups excluding carboxylic acids is 2. The van der Waals surface area contributed by atoms with Gasteiger partial charge in [-0.15, -0.1) is 0 Å². The first-order valence-electron chi connectivity index (χ1n) is 7.75. The summed E-state index contributed by atoms with van der Waals surface area (Å²) in [5, 5.41) is 6.54. The summed E-state index contributed by atoms with van der Waals surface area (Å²) >= 11 is 0. The van der Waals surface area contributed by atoms with Crippen LogP contribution in [0.5, 0.6) is 0 Å². The highest BCUT2D eigenvalue weighted by atomic mass is 19.1. The van der Waals surface area contributed by atoms with Gasteiger partial charge in [-0.2, -0.15) is 5.10 Å². The largest absolute Gasteiger partial charge is 0.451 e. The van der Waals surface area contributed by atoms with E-state index in [1.165, 1.54) is 19.2 Å². The number of anilines is 1. The number of ether oxygens (including phenoxy) is 1. The van der Waals surface area contributed by atoms with Gasteiger partial charge in [0.2, 0.25) is 0 Å². The summed E-state index contributed by atoms with van der Waals surface area (Å²) in [5.41, 5.74) is -0.902. The highest BCUT2D eigenvalue weighted by Gasteiger charge is 2.18. The van der Waals surface area contributed by atoms with Crippen LogP contribution in [-0.4, -0.2) is 28.3 Å². The van der Waals surface area contributed by atoms with Gasteiger partial charge in [0.15, 0.2) is 12.3 Å². The number of rotatable bonds is 4. The lowest BCUT2D eigenvalue weighted by Gasteiger charge is -2.09. The third-order valence-corrected chi connectivity index (χ3v) is 3.69. The molecule has 0 unspecified atom stereocenters. The van der Waals surface area contributed by atoms with Crippen molar-refractivity contribution in [3.8, 4) is 0 Å². The minimum Gasteiger partial charge on any atom is -0.451 e. The van der Waals surface area contributed by atoms with Crippen LogP contribution in [0, 0.1) is 11.6 Å². The quantitative estimate of drug-likeness (QED) is 0.707. The van der Waals surface area contributed by atoms with E-state index in [-0.39, 0.29) is 27.7 Å². The van der Waals surface area contributed by atoms with E-state index in [0.717, 1.165) is 22.9 Å². The van der Waals surface area contributed by atoms with E-state index in [0.29, 0.717) is 0 Å². The number of nitrogens with zero attached hydrogens (tertiary/aromatic N) is 2. The minimum atomic E-state index is -0.934. The zero-order chi connectivity index (χ0) is 19.6. The first kappa shape index (κ1) is 18.2. The molecule has 1 N–H and O–H groups in total. The van der Waals surface area contributed by atoms with Gasteiger partial charge in [-0.3, -0.25) is 9.59 Å². The lowest BCUT2D eigenvalue weighted by atomic mass is 10.1. The van der Waals surface area contributed by atoms with Crippen molar-refractivity contribution in [1.82, 2.24) is 9.78 Å². The molecule has 0 atom stereocenters. The van der Waals surface area contributed by atoms with E-state index in [1.807, 2.05) is 0 Å². The van der Waals surface area contributed by atoms with Crippen LogP contribution in [0.25, 0.3) is 10.8 Å². The van der Waals surface area contributed by atoms with E-state index in [1.54, 1.807) is 12.1 Å². The molecule has 0 fully saturated rings. The van der Waals surface area contributed by atoms with E-state index in [9.17, 15) is 23.2 Å². The molecule has 27 heavy (non-hydrogen) atoms. The van der Waals surface area contributed by atoms with Crippen LogP contribution < -0.4 is 10.9 Å². The average molecular weight is 373 g/mol. The van der Waals surface area contributed by atoms with Gasteiger partial charge in [0.1, 0.15) is 11.6 Å². The van der Waals surface area contributed by atoms with Crippen LogP contribution in [0.2, 0.25) is 0 Å². The molecule has 3 rings (SSSR count). The highest BCUT2D eigenvalue weighted by Crippen LogP contribution is 2.16. The number of esters is 1. The Morgan fingerprint density at radius 1 is 1.15 bits per heavy atom. The maximum absolute atomic E-state index is 13.5. The van der Waals surface area contributed by atoms with Crippen molar-refractivity contribution in [1.29, 1.82) is 0 Å². The normalized spacial score (nSPS) is 10.6. The van der Waals surface area contributed by atoms with E-state index in [4.69, 9.17) is 4.74 Å². The molecule has 0 saturated carbocycles. The van der Waals surface area contributed by atoms with Gasteiger partial charge < -0.3 is 10.1 Å². The minimum absolute atomic E-state index is 0.141. The molecule has 0 bridgehead atoms. The average Bonchev–Trinajstić information content (AvgIpc) is 2.65. The van der Waals surface area contributed by atoms with Gasteiger partial charge in [-0.05, 0) is 18.2 Å². The van der Waals surface area contributed by atoms with Crippen molar-refractivity contribution >= 4 is 28.3 Å². The Hall–Kier alpha value is -3.62. The molecule has 138 valence electrons. The van der Waals surface area contributed by atoms with Crippen molar-refractivity contribution in [3.05, 3.63) is 70.1 Å². The molecule has 1 heterocycles. The maximum Gasteiger partial charge on any atom is 0.359 e. The van der Waals surface area contributed by atoms with Gasteiger partial charge in [0, 0.05) is 18.5 Å². The van der Waals surface area contributed by atoms with E-state index >= 15 is 0 Å². The van der Waals surface area contributed by atoms with Gasteiger partial charge in [-0.25, -0.2) is 18.3 Å². The molecule has 0 aliphatic heterocycles. The van der Waals surface area contributed by atoms with Crippen LogP contribution in [-0.2, 0) is 16.6 Å². The molecule has 0 saturated heterocycles. The van der Waals surface area contributed by atoms with Gasteiger partial charge in [0.25, 0.3) is 11.5 Å². The number of hydrogen-bond donors (Lipinski definition) is 1. The van der Waals surface area contributed by atoms with E-state index in [2.05, 4.69) is 10.4 Å². The standard InChI is InChI=1S/C18H13F2N3O4/c1-23-17(25)12-5-3-2-4-11(12)16(22-23)18(26)27-9-15(24)21-14-8-10(19)6-7-13(14)20/h2-8H,9H2,1H3,(H,21,24). The third-order valence-electron chi connectivity index (χ3n) is 3.69. The number of nitrogens with one attached hydrogen (secondary N) is 1. The molecular formula is C18H13F2N3O4. The first-order valence-corrected chi connectivity index (χ1v) is 7.75.